The Labute approximate surface area is 76.7 Å². The van der Waals surface area contributed by atoms with E-state index >= 15 is 0 Å². The van der Waals surface area contributed by atoms with E-state index in [0.29, 0.717) is 12.2 Å². The van der Waals surface area contributed by atoms with E-state index in [0.717, 1.165) is 16.9 Å². The van der Waals surface area contributed by atoms with Gasteiger partial charge in [0.2, 0.25) is 0 Å². The molecule has 0 amide bonds. The van der Waals surface area contributed by atoms with Crippen LogP contribution in [0.2, 0.25) is 0 Å². The van der Waals surface area contributed by atoms with Crippen LogP contribution in [0, 0.1) is 18.3 Å². The number of fused-ring (bicyclic) bond motifs is 1. The summed E-state index contributed by atoms with van der Waals surface area (Å²) in [4.78, 5) is 0. The molecule has 0 spiro atoms. The summed E-state index contributed by atoms with van der Waals surface area (Å²) >= 11 is 0. The quantitative estimate of drug-likeness (QED) is 0.644. The van der Waals surface area contributed by atoms with Crippen LogP contribution < -0.4 is 10.5 Å². The number of aryl methyl sites for hydroxylation is 1. The fourth-order valence-electron chi connectivity index (χ4n) is 1.61. The van der Waals surface area contributed by atoms with Crippen molar-refractivity contribution in [3.8, 4) is 11.8 Å². The van der Waals surface area contributed by atoms with Crippen LogP contribution in [-0.2, 0) is 0 Å². The molecule has 0 radical (unpaired) electrons. The molecule has 3 heteroatoms. The van der Waals surface area contributed by atoms with E-state index in [1.54, 1.807) is 0 Å². The van der Waals surface area contributed by atoms with Crippen LogP contribution in [0.15, 0.2) is 12.1 Å². The van der Waals surface area contributed by atoms with Gasteiger partial charge in [-0.1, -0.05) is 6.07 Å². The lowest BCUT2D eigenvalue weighted by Crippen LogP contribution is -2.12. The third kappa shape index (κ3) is 1.07. The first-order valence-corrected chi connectivity index (χ1v) is 4.16. The molecular formula is C10H10N2O. The molecular weight excluding hydrogens is 164 g/mol. The van der Waals surface area contributed by atoms with Crippen molar-refractivity contribution in [3.63, 3.8) is 0 Å². The molecule has 66 valence electrons. The average molecular weight is 174 g/mol. The molecule has 1 heterocycles. The number of rotatable bonds is 0. The number of hydrogen-bond acceptors (Lipinski definition) is 3. The monoisotopic (exact) mass is 174 g/mol. The Bertz CT molecular complexity index is 393. The summed E-state index contributed by atoms with van der Waals surface area (Å²) in [5.74, 6) is 0.759. The minimum atomic E-state index is -0.149. The second-order valence-corrected chi connectivity index (χ2v) is 3.20. The van der Waals surface area contributed by atoms with Crippen LogP contribution in [-0.4, -0.2) is 6.61 Å². The molecule has 13 heavy (non-hydrogen) atoms. The third-order valence-electron chi connectivity index (χ3n) is 2.31. The first-order chi connectivity index (χ1) is 6.24. The standard InChI is InChI=1S/C10H10N2O/c1-6-2-3-9-10(7(6)4-11)8(12)5-13-9/h2-3,8H,5,12H2,1H3/t8-/m1/s1. The van der Waals surface area contributed by atoms with Gasteiger partial charge in [0.25, 0.3) is 0 Å². The Hall–Kier alpha value is -1.53. The van der Waals surface area contributed by atoms with Crippen molar-refractivity contribution in [2.24, 2.45) is 5.73 Å². The van der Waals surface area contributed by atoms with Crippen molar-refractivity contribution >= 4 is 0 Å². The fraction of sp³-hybridized carbons (Fsp3) is 0.300. The highest BCUT2D eigenvalue weighted by molar-refractivity contribution is 5.54. The number of nitriles is 1. The summed E-state index contributed by atoms with van der Waals surface area (Å²) in [5.41, 5.74) is 8.31. The third-order valence-corrected chi connectivity index (χ3v) is 2.31. The molecule has 2 rings (SSSR count). The van der Waals surface area contributed by atoms with Crippen LogP contribution in [0.5, 0.6) is 5.75 Å². The minimum Gasteiger partial charge on any atom is -0.491 e. The average Bonchev–Trinajstić information content (AvgIpc) is 2.49. The van der Waals surface area contributed by atoms with Crippen molar-refractivity contribution in [1.29, 1.82) is 5.26 Å². The predicted octanol–water partition coefficient (Wildman–Crippen LogP) is 1.26. The smallest absolute Gasteiger partial charge is 0.125 e. The number of nitrogens with two attached hydrogens (primary N) is 1. The molecule has 0 saturated heterocycles. The lowest BCUT2D eigenvalue weighted by molar-refractivity contribution is 0.333. The molecule has 0 bridgehead atoms. The molecule has 1 atom stereocenters. The van der Waals surface area contributed by atoms with Crippen LogP contribution in [0.3, 0.4) is 0 Å². The van der Waals surface area contributed by atoms with Crippen LogP contribution in [0.25, 0.3) is 0 Å². The van der Waals surface area contributed by atoms with Gasteiger partial charge in [0.15, 0.2) is 0 Å². The van der Waals surface area contributed by atoms with E-state index in [-0.39, 0.29) is 6.04 Å². The van der Waals surface area contributed by atoms with E-state index < -0.39 is 0 Å². The second-order valence-electron chi connectivity index (χ2n) is 3.20. The Morgan fingerprint density at radius 2 is 2.38 bits per heavy atom. The highest BCUT2D eigenvalue weighted by Crippen LogP contribution is 2.34. The molecule has 3 nitrogen and oxygen atoms in total. The largest absolute Gasteiger partial charge is 0.491 e. The van der Waals surface area contributed by atoms with Gasteiger partial charge < -0.3 is 10.5 Å². The molecule has 1 aromatic carbocycles. The van der Waals surface area contributed by atoms with Gasteiger partial charge in [-0.25, -0.2) is 0 Å². The van der Waals surface area contributed by atoms with Crippen molar-refractivity contribution in [2.75, 3.05) is 6.61 Å². The number of ether oxygens (including phenoxy) is 1. The predicted molar refractivity (Wildman–Crippen MR) is 48.3 cm³/mol. The number of hydrogen-bond donors (Lipinski definition) is 1. The lowest BCUT2D eigenvalue weighted by Gasteiger charge is -2.05. The molecule has 1 aliphatic rings. The summed E-state index contributed by atoms with van der Waals surface area (Å²) in [6.07, 6.45) is 0. The van der Waals surface area contributed by atoms with E-state index in [1.807, 2.05) is 19.1 Å². The van der Waals surface area contributed by atoms with Crippen molar-refractivity contribution in [2.45, 2.75) is 13.0 Å². The minimum absolute atomic E-state index is 0.149. The summed E-state index contributed by atoms with van der Waals surface area (Å²) in [6.45, 7) is 2.39. The van der Waals surface area contributed by atoms with Crippen molar-refractivity contribution < 1.29 is 4.74 Å². The molecule has 2 N–H and O–H groups in total. The Balaban J connectivity index is 2.69. The van der Waals surface area contributed by atoms with Gasteiger partial charge in [-0.05, 0) is 18.6 Å². The van der Waals surface area contributed by atoms with Crippen molar-refractivity contribution in [3.05, 3.63) is 28.8 Å². The van der Waals surface area contributed by atoms with E-state index in [2.05, 4.69) is 6.07 Å². The number of nitrogens with zero attached hydrogens (tertiary/aromatic N) is 1. The fourth-order valence-corrected chi connectivity index (χ4v) is 1.61. The Morgan fingerprint density at radius 3 is 3.08 bits per heavy atom. The molecule has 0 saturated carbocycles. The maximum Gasteiger partial charge on any atom is 0.125 e. The normalized spacial score (nSPS) is 19.0. The molecule has 1 aromatic rings. The molecule has 0 fully saturated rings. The SMILES string of the molecule is Cc1ccc2c(c1C#N)[C@H](N)CO2. The molecule has 0 aliphatic carbocycles. The summed E-state index contributed by atoms with van der Waals surface area (Å²) in [6, 6.07) is 5.78. The molecule has 0 unspecified atom stereocenters. The van der Waals surface area contributed by atoms with E-state index in [4.69, 9.17) is 15.7 Å². The Kier molecular flexibility index (Phi) is 1.71. The number of benzene rings is 1. The lowest BCUT2D eigenvalue weighted by atomic mass is 9.98. The summed E-state index contributed by atoms with van der Waals surface area (Å²) < 4.78 is 5.33. The summed E-state index contributed by atoms with van der Waals surface area (Å²) in [7, 11) is 0. The van der Waals surface area contributed by atoms with Gasteiger partial charge in [0.1, 0.15) is 12.4 Å². The van der Waals surface area contributed by atoms with Crippen LogP contribution in [0.4, 0.5) is 0 Å². The van der Waals surface area contributed by atoms with Gasteiger partial charge in [0.05, 0.1) is 17.7 Å². The highest BCUT2D eigenvalue weighted by Gasteiger charge is 2.24. The van der Waals surface area contributed by atoms with E-state index in [1.165, 1.54) is 0 Å². The second kappa shape index (κ2) is 2.75. The van der Waals surface area contributed by atoms with Gasteiger partial charge in [-0.3, -0.25) is 0 Å². The summed E-state index contributed by atoms with van der Waals surface area (Å²) in [5, 5.41) is 8.94. The first-order valence-electron chi connectivity index (χ1n) is 4.16. The van der Waals surface area contributed by atoms with Gasteiger partial charge in [0, 0.05) is 5.56 Å². The zero-order valence-corrected chi connectivity index (χ0v) is 7.37. The topological polar surface area (TPSA) is 59.0 Å². The van der Waals surface area contributed by atoms with Gasteiger partial charge in [-0.15, -0.1) is 0 Å². The highest BCUT2D eigenvalue weighted by atomic mass is 16.5. The Morgan fingerprint density at radius 1 is 1.62 bits per heavy atom. The zero-order valence-electron chi connectivity index (χ0n) is 7.37. The molecule has 1 aliphatic heterocycles. The zero-order chi connectivity index (χ0) is 9.42. The van der Waals surface area contributed by atoms with Crippen molar-refractivity contribution in [1.82, 2.24) is 0 Å². The van der Waals surface area contributed by atoms with Gasteiger partial charge in [-0.2, -0.15) is 5.26 Å². The first kappa shape index (κ1) is 8.09. The van der Waals surface area contributed by atoms with E-state index in [9.17, 15) is 0 Å². The van der Waals surface area contributed by atoms with Gasteiger partial charge >= 0.3 is 0 Å². The van der Waals surface area contributed by atoms with Crippen LogP contribution in [0.1, 0.15) is 22.7 Å². The van der Waals surface area contributed by atoms with Crippen LogP contribution >= 0.6 is 0 Å². The maximum atomic E-state index is 8.94. The maximum absolute atomic E-state index is 8.94. The molecule has 0 aromatic heterocycles.